The van der Waals surface area contributed by atoms with E-state index < -0.39 is 11.9 Å². The van der Waals surface area contributed by atoms with Gasteiger partial charge in [-0.2, -0.15) is 10.2 Å². The Morgan fingerprint density at radius 2 is 2.08 bits per heavy atom. The van der Waals surface area contributed by atoms with Gasteiger partial charge in [0.05, 0.1) is 11.9 Å². The number of fused-ring (bicyclic) bond motifs is 1. The van der Waals surface area contributed by atoms with E-state index in [1.807, 2.05) is 32.0 Å². The summed E-state index contributed by atoms with van der Waals surface area (Å²) in [6.07, 6.45) is 1.78. The Morgan fingerprint density at radius 1 is 1.27 bits per heavy atom. The van der Waals surface area contributed by atoms with Crippen molar-refractivity contribution in [1.29, 1.82) is 0 Å². The molecule has 0 saturated heterocycles. The second-order valence-corrected chi connectivity index (χ2v) is 6.49. The molecule has 1 aliphatic heterocycles. The van der Waals surface area contributed by atoms with Gasteiger partial charge in [0, 0.05) is 29.0 Å². The smallest absolute Gasteiger partial charge is 0.354 e. The van der Waals surface area contributed by atoms with Gasteiger partial charge in [-0.05, 0) is 25.5 Å². The number of hydrogen-bond acceptors (Lipinski definition) is 4. The molecule has 132 valence electrons. The van der Waals surface area contributed by atoms with Crippen LogP contribution in [-0.4, -0.2) is 37.4 Å². The highest BCUT2D eigenvalue weighted by Gasteiger charge is 2.35. The first-order valence-electron chi connectivity index (χ1n) is 8.18. The molecule has 26 heavy (non-hydrogen) atoms. The third kappa shape index (κ3) is 2.46. The van der Waals surface area contributed by atoms with Gasteiger partial charge in [-0.25, -0.2) is 4.79 Å². The molecule has 0 bridgehead atoms. The van der Waals surface area contributed by atoms with Gasteiger partial charge in [0.2, 0.25) is 5.91 Å². The number of nitrogens with one attached hydrogen (secondary N) is 3. The van der Waals surface area contributed by atoms with E-state index in [4.69, 9.17) is 0 Å². The molecule has 2 aromatic heterocycles. The van der Waals surface area contributed by atoms with Gasteiger partial charge in [0.25, 0.3) is 0 Å². The summed E-state index contributed by atoms with van der Waals surface area (Å²) in [5.74, 6) is -1.51. The Hall–Kier alpha value is -3.42. The number of hydrogen-bond donors (Lipinski definition) is 4. The summed E-state index contributed by atoms with van der Waals surface area (Å²) in [5, 5.41) is 25.7. The van der Waals surface area contributed by atoms with Crippen LogP contribution in [0.25, 0.3) is 11.3 Å². The molecular formula is C18H17N5O3. The van der Waals surface area contributed by atoms with Crippen molar-refractivity contribution < 1.29 is 14.7 Å². The zero-order valence-electron chi connectivity index (χ0n) is 14.3. The van der Waals surface area contributed by atoms with Crippen molar-refractivity contribution in [3.8, 4) is 11.3 Å². The molecule has 1 aliphatic rings. The second kappa shape index (κ2) is 5.83. The quantitative estimate of drug-likeness (QED) is 0.577. The van der Waals surface area contributed by atoms with E-state index in [0.29, 0.717) is 5.56 Å². The lowest BCUT2D eigenvalue weighted by atomic mass is 9.84. The molecule has 8 heteroatoms. The molecule has 0 radical (unpaired) electrons. The van der Waals surface area contributed by atoms with Crippen molar-refractivity contribution in [2.75, 3.05) is 5.32 Å². The van der Waals surface area contributed by atoms with Crippen molar-refractivity contribution in [2.24, 2.45) is 0 Å². The number of carboxylic acid groups (broad SMARTS) is 1. The number of carboxylic acids is 1. The Labute approximate surface area is 148 Å². The fraction of sp³-hybridized carbons (Fsp3) is 0.222. The number of carbonyl (C=O) groups excluding carboxylic acids is 1. The number of aromatic amines is 2. The summed E-state index contributed by atoms with van der Waals surface area (Å²) in [6, 6.07) is 6.10. The standard InChI is InChI=1S/C18H17N5O3/c1-8-3-4-9(2)10(5-8)15-12(7-19-21-15)11-6-13(24)20-17-14(11)16(18(25)26)22-23-17/h3-5,7,11H,6H2,1-2H3,(H,19,21)(H,25,26)(H2,20,22,23,24)/t11-/m1/s1. The van der Waals surface area contributed by atoms with Gasteiger partial charge >= 0.3 is 5.97 Å². The number of nitrogens with zero attached hydrogens (tertiary/aromatic N) is 2. The van der Waals surface area contributed by atoms with E-state index >= 15 is 0 Å². The van der Waals surface area contributed by atoms with Crippen molar-refractivity contribution in [2.45, 2.75) is 26.2 Å². The van der Waals surface area contributed by atoms with E-state index in [1.165, 1.54) is 0 Å². The molecule has 3 heterocycles. The maximum Gasteiger partial charge on any atom is 0.354 e. The highest BCUT2D eigenvalue weighted by Crippen LogP contribution is 2.41. The van der Waals surface area contributed by atoms with E-state index in [-0.39, 0.29) is 23.8 Å². The summed E-state index contributed by atoms with van der Waals surface area (Å²) < 4.78 is 0. The van der Waals surface area contributed by atoms with Crippen LogP contribution >= 0.6 is 0 Å². The minimum Gasteiger partial charge on any atom is -0.477 e. The van der Waals surface area contributed by atoms with E-state index in [9.17, 15) is 14.7 Å². The van der Waals surface area contributed by atoms with Crippen LogP contribution in [0.15, 0.2) is 24.4 Å². The molecule has 1 amide bonds. The lowest BCUT2D eigenvalue weighted by Gasteiger charge is -2.23. The predicted octanol–water partition coefficient (Wildman–Crippen LogP) is 2.59. The number of carbonyl (C=O) groups is 2. The van der Waals surface area contributed by atoms with Crippen molar-refractivity contribution in [3.05, 3.63) is 52.3 Å². The summed E-state index contributed by atoms with van der Waals surface area (Å²) >= 11 is 0. The number of aryl methyl sites for hydroxylation is 2. The van der Waals surface area contributed by atoms with Crippen LogP contribution in [0.2, 0.25) is 0 Å². The number of benzene rings is 1. The zero-order chi connectivity index (χ0) is 18.4. The first-order valence-corrected chi connectivity index (χ1v) is 8.18. The summed E-state index contributed by atoms with van der Waals surface area (Å²) in [5.41, 5.74) is 5.16. The third-order valence-electron chi connectivity index (χ3n) is 4.72. The summed E-state index contributed by atoms with van der Waals surface area (Å²) in [7, 11) is 0. The third-order valence-corrected chi connectivity index (χ3v) is 4.72. The average molecular weight is 351 g/mol. The van der Waals surface area contributed by atoms with Gasteiger partial charge in [-0.3, -0.25) is 15.0 Å². The summed E-state index contributed by atoms with van der Waals surface area (Å²) in [6.45, 7) is 4.00. The first-order chi connectivity index (χ1) is 12.5. The lowest BCUT2D eigenvalue weighted by Crippen LogP contribution is -2.24. The van der Waals surface area contributed by atoms with Gasteiger partial charge in [-0.1, -0.05) is 17.7 Å². The van der Waals surface area contributed by atoms with Crippen LogP contribution in [0.4, 0.5) is 5.82 Å². The van der Waals surface area contributed by atoms with Crippen LogP contribution in [0.3, 0.4) is 0 Å². The molecule has 4 rings (SSSR count). The number of anilines is 1. The number of amides is 1. The Balaban J connectivity index is 1.90. The van der Waals surface area contributed by atoms with Gasteiger partial charge in [-0.15, -0.1) is 0 Å². The summed E-state index contributed by atoms with van der Waals surface area (Å²) in [4.78, 5) is 23.7. The van der Waals surface area contributed by atoms with Gasteiger partial charge in [0.1, 0.15) is 5.69 Å². The predicted molar refractivity (Wildman–Crippen MR) is 94.1 cm³/mol. The maximum absolute atomic E-state index is 12.1. The molecule has 8 nitrogen and oxygen atoms in total. The molecule has 0 unspecified atom stereocenters. The van der Waals surface area contributed by atoms with Crippen LogP contribution in [-0.2, 0) is 4.79 Å². The van der Waals surface area contributed by atoms with Crippen molar-refractivity contribution >= 4 is 17.7 Å². The number of H-pyrrole nitrogens is 2. The fourth-order valence-corrected chi connectivity index (χ4v) is 3.46. The fourth-order valence-electron chi connectivity index (χ4n) is 3.46. The van der Waals surface area contributed by atoms with Crippen molar-refractivity contribution in [3.63, 3.8) is 0 Å². The van der Waals surface area contributed by atoms with Crippen molar-refractivity contribution in [1.82, 2.24) is 20.4 Å². The van der Waals surface area contributed by atoms with Crippen LogP contribution in [0, 0.1) is 13.8 Å². The average Bonchev–Trinajstić information content (AvgIpc) is 3.23. The highest BCUT2D eigenvalue weighted by atomic mass is 16.4. The molecule has 0 fully saturated rings. The molecule has 0 spiro atoms. The minimum atomic E-state index is -1.11. The minimum absolute atomic E-state index is 0.0156. The molecule has 1 atom stereocenters. The Morgan fingerprint density at radius 3 is 2.85 bits per heavy atom. The van der Waals surface area contributed by atoms with Gasteiger partial charge < -0.3 is 10.4 Å². The number of aromatic nitrogens is 4. The van der Waals surface area contributed by atoms with E-state index in [1.54, 1.807) is 6.20 Å². The SMILES string of the molecule is Cc1ccc(C)c(-c2[nH]ncc2[C@H]2CC(=O)Nc3n[nH]c(C(=O)O)c32)c1. The molecule has 4 N–H and O–H groups in total. The molecule has 0 aliphatic carbocycles. The molecule has 0 saturated carbocycles. The highest BCUT2D eigenvalue weighted by molar-refractivity contribution is 5.98. The topological polar surface area (TPSA) is 124 Å². The Bertz CT molecular complexity index is 1030. The molecule has 1 aromatic carbocycles. The molecular weight excluding hydrogens is 334 g/mol. The zero-order valence-corrected chi connectivity index (χ0v) is 14.3. The van der Waals surface area contributed by atoms with E-state index in [2.05, 4.69) is 25.7 Å². The Kier molecular flexibility index (Phi) is 3.61. The lowest BCUT2D eigenvalue weighted by molar-refractivity contribution is -0.116. The second-order valence-electron chi connectivity index (χ2n) is 6.49. The number of rotatable bonds is 3. The van der Waals surface area contributed by atoms with Crippen LogP contribution < -0.4 is 5.32 Å². The largest absolute Gasteiger partial charge is 0.477 e. The van der Waals surface area contributed by atoms with Crippen LogP contribution in [0.5, 0.6) is 0 Å². The first kappa shape index (κ1) is 16.1. The normalized spacial score (nSPS) is 16.2. The van der Waals surface area contributed by atoms with Gasteiger partial charge in [0.15, 0.2) is 5.82 Å². The maximum atomic E-state index is 12.1. The monoisotopic (exact) mass is 351 g/mol. The van der Waals surface area contributed by atoms with Crippen LogP contribution in [0.1, 0.15) is 45.1 Å². The van der Waals surface area contributed by atoms with E-state index in [0.717, 1.165) is 27.9 Å². The number of aromatic carboxylic acids is 1. The molecule has 3 aromatic rings.